The fourth-order valence-corrected chi connectivity index (χ4v) is 2.35. The van der Waals surface area contributed by atoms with Crippen LogP contribution in [-0.4, -0.2) is 22.0 Å². The summed E-state index contributed by atoms with van der Waals surface area (Å²) in [6.07, 6.45) is 1.72. The van der Waals surface area contributed by atoms with Crippen LogP contribution in [-0.2, 0) is 0 Å². The van der Waals surface area contributed by atoms with Crippen molar-refractivity contribution in [3.63, 3.8) is 0 Å². The van der Waals surface area contributed by atoms with Crippen molar-refractivity contribution in [3.8, 4) is 5.69 Å². The third-order valence-electron chi connectivity index (χ3n) is 3.36. The van der Waals surface area contributed by atoms with Crippen molar-refractivity contribution in [1.82, 2.24) is 20.3 Å². The van der Waals surface area contributed by atoms with Gasteiger partial charge < -0.3 is 5.32 Å². The van der Waals surface area contributed by atoms with Gasteiger partial charge in [0.1, 0.15) is 5.82 Å². The van der Waals surface area contributed by atoms with Gasteiger partial charge in [-0.3, -0.25) is 0 Å². The van der Waals surface area contributed by atoms with Crippen molar-refractivity contribution >= 4 is 0 Å². The molecule has 1 unspecified atom stereocenters. The summed E-state index contributed by atoms with van der Waals surface area (Å²) in [5, 5.41) is 11.4. The second-order valence-corrected chi connectivity index (χ2v) is 4.68. The first-order chi connectivity index (χ1) is 10.3. The number of rotatable bonds is 4. The fourth-order valence-electron chi connectivity index (χ4n) is 2.35. The van der Waals surface area contributed by atoms with Crippen molar-refractivity contribution in [2.75, 3.05) is 7.05 Å². The Bertz CT molecular complexity index is 707. The maximum absolute atomic E-state index is 13.1. The molecular formula is C16H15FN4. The van der Waals surface area contributed by atoms with E-state index in [4.69, 9.17) is 0 Å². The van der Waals surface area contributed by atoms with Gasteiger partial charge in [0.25, 0.3) is 0 Å². The van der Waals surface area contributed by atoms with Gasteiger partial charge in [-0.25, -0.2) is 9.07 Å². The Kier molecular flexibility index (Phi) is 3.75. The van der Waals surface area contributed by atoms with E-state index < -0.39 is 0 Å². The average molecular weight is 282 g/mol. The number of halogens is 1. The summed E-state index contributed by atoms with van der Waals surface area (Å²) >= 11 is 0. The largest absolute Gasteiger partial charge is 0.308 e. The van der Waals surface area contributed by atoms with Crippen LogP contribution in [0.2, 0.25) is 0 Å². The van der Waals surface area contributed by atoms with Gasteiger partial charge in [0.05, 0.1) is 23.6 Å². The van der Waals surface area contributed by atoms with Crippen molar-refractivity contribution in [2.24, 2.45) is 0 Å². The molecule has 3 rings (SSSR count). The van der Waals surface area contributed by atoms with E-state index in [1.165, 1.54) is 12.1 Å². The van der Waals surface area contributed by atoms with E-state index in [9.17, 15) is 4.39 Å². The molecule has 2 aromatic carbocycles. The molecule has 1 atom stereocenters. The normalized spacial score (nSPS) is 12.3. The van der Waals surface area contributed by atoms with Crippen LogP contribution in [0.5, 0.6) is 0 Å². The highest BCUT2D eigenvalue weighted by Crippen LogP contribution is 2.23. The number of hydrogen-bond donors (Lipinski definition) is 1. The Morgan fingerprint density at radius 2 is 1.76 bits per heavy atom. The van der Waals surface area contributed by atoms with Gasteiger partial charge in [0, 0.05) is 0 Å². The third-order valence-corrected chi connectivity index (χ3v) is 3.36. The number of hydrogen-bond acceptors (Lipinski definition) is 3. The number of nitrogens with zero attached hydrogens (tertiary/aromatic N) is 3. The van der Waals surface area contributed by atoms with Crippen molar-refractivity contribution in [3.05, 3.63) is 77.9 Å². The van der Waals surface area contributed by atoms with Crippen LogP contribution >= 0.6 is 0 Å². The molecule has 1 N–H and O–H groups in total. The summed E-state index contributed by atoms with van der Waals surface area (Å²) in [6, 6.07) is 16.1. The second-order valence-electron chi connectivity index (χ2n) is 4.68. The van der Waals surface area contributed by atoms with Crippen LogP contribution < -0.4 is 5.32 Å². The molecule has 0 saturated heterocycles. The minimum atomic E-state index is -0.247. The molecule has 0 fully saturated rings. The van der Waals surface area contributed by atoms with Crippen LogP contribution in [0, 0.1) is 5.82 Å². The van der Waals surface area contributed by atoms with E-state index in [2.05, 4.69) is 15.6 Å². The Labute approximate surface area is 122 Å². The molecule has 0 amide bonds. The van der Waals surface area contributed by atoms with Crippen molar-refractivity contribution < 1.29 is 4.39 Å². The van der Waals surface area contributed by atoms with Crippen LogP contribution in [0.1, 0.15) is 17.3 Å². The maximum Gasteiger partial charge on any atom is 0.123 e. The Balaban J connectivity index is 2.03. The molecule has 3 aromatic rings. The fraction of sp³-hybridized carbons (Fsp3) is 0.125. The number of benzene rings is 2. The molecule has 106 valence electrons. The lowest BCUT2D eigenvalue weighted by Crippen LogP contribution is -2.21. The average Bonchev–Trinajstić information content (AvgIpc) is 3.00. The SMILES string of the molecule is CNC(c1ccc(F)cc1)c1cnnn1-c1ccccc1. The van der Waals surface area contributed by atoms with E-state index in [1.54, 1.807) is 23.0 Å². The molecular weight excluding hydrogens is 267 g/mol. The van der Waals surface area contributed by atoms with Crippen LogP contribution in [0.3, 0.4) is 0 Å². The summed E-state index contributed by atoms with van der Waals surface area (Å²) in [7, 11) is 1.86. The molecule has 0 aliphatic rings. The van der Waals surface area contributed by atoms with Gasteiger partial charge >= 0.3 is 0 Å². The van der Waals surface area contributed by atoms with Gasteiger partial charge in [-0.2, -0.15) is 0 Å². The first-order valence-electron chi connectivity index (χ1n) is 6.68. The Morgan fingerprint density at radius 3 is 2.43 bits per heavy atom. The van der Waals surface area contributed by atoms with E-state index >= 15 is 0 Å². The molecule has 0 bridgehead atoms. The monoisotopic (exact) mass is 282 g/mol. The molecule has 21 heavy (non-hydrogen) atoms. The van der Waals surface area contributed by atoms with Crippen LogP contribution in [0.15, 0.2) is 60.8 Å². The van der Waals surface area contributed by atoms with E-state index in [0.717, 1.165) is 16.9 Å². The zero-order chi connectivity index (χ0) is 14.7. The summed E-state index contributed by atoms with van der Waals surface area (Å²) in [5.74, 6) is -0.247. The number of nitrogens with one attached hydrogen (secondary N) is 1. The summed E-state index contributed by atoms with van der Waals surface area (Å²) in [5.41, 5.74) is 2.79. The minimum Gasteiger partial charge on any atom is -0.308 e. The number of aromatic nitrogens is 3. The lowest BCUT2D eigenvalue weighted by Gasteiger charge is -2.17. The molecule has 5 heteroatoms. The van der Waals surface area contributed by atoms with E-state index in [-0.39, 0.29) is 11.9 Å². The topological polar surface area (TPSA) is 42.7 Å². The summed E-state index contributed by atoms with van der Waals surface area (Å²) in [6.45, 7) is 0. The minimum absolute atomic E-state index is 0.110. The third kappa shape index (κ3) is 2.68. The van der Waals surface area contributed by atoms with Crippen molar-refractivity contribution in [2.45, 2.75) is 6.04 Å². The first-order valence-corrected chi connectivity index (χ1v) is 6.68. The highest BCUT2D eigenvalue weighted by Gasteiger charge is 2.18. The Morgan fingerprint density at radius 1 is 1.05 bits per heavy atom. The van der Waals surface area contributed by atoms with Gasteiger partial charge in [-0.05, 0) is 36.9 Å². The first kappa shape index (κ1) is 13.5. The highest BCUT2D eigenvalue weighted by molar-refractivity contribution is 5.35. The maximum atomic E-state index is 13.1. The standard InChI is InChI=1S/C16H15FN4/c1-18-16(12-7-9-13(17)10-8-12)15-11-19-20-21(15)14-5-3-2-4-6-14/h2-11,16,18H,1H3. The smallest absolute Gasteiger partial charge is 0.123 e. The molecule has 0 aliphatic heterocycles. The molecule has 0 spiro atoms. The van der Waals surface area contributed by atoms with E-state index in [1.807, 2.05) is 37.4 Å². The lowest BCUT2D eigenvalue weighted by molar-refractivity contribution is 0.615. The van der Waals surface area contributed by atoms with Crippen molar-refractivity contribution in [1.29, 1.82) is 0 Å². The summed E-state index contributed by atoms with van der Waals surface area (Å²) in [4.78, 5) is 0. The molecule has 1 aromatic heterocycles. The van der Waals surface area contributed by atoms with Crippen LogP contribution in [0.25, 0.3) is 5.69 Å². The summed E-state index contributed by atoms with van der Waals surface area (Å²) < 4.78 is 14.9. The highest BCUT2D eigenvalue weighted by atomic mass is 19.1. The van der Waals surface area contributed by atoms with Gasteiger partial charge in [0.15, 0.2) is 0 Å². The predicted octanol–water partition coefficient (Wildman–Crippen LogP) is 2.72. The lowest BCUT2D eigenvalue weighted by atomic mass is 10.0. The zero-order valence-corrected chi connectivity index (χ0v) is 11.6. The van der Waals surface area contributed by atoms with E-state index in [0.29, 0.717) is 0 Å². The quantitative estimate of drug-likeness (QED) is 0.800. The second kappa shape index (κ2) is 5.85. The molecule has 0 radical (unpaired) electrons. The van der Waals surface area contributed by atoms with Gasteiger partial charge in [-0.15, -0.1) is 5.10 Å². The van der Waals surface area contributed by atoms with Gasteiger partial charge in [0.2, 0.25) is 0 Å². The molecule has 0 aliphatic carbocycles. The predicted molar refractivity (Wildman–Crippen MR) is 78.7 cm³/mol. The van der Waals surface area contributed by atoms with Gasteiger partial charge in [-0.1, -0.05) is 35.5 Å². The molecule has 0 saturated carbocycles. The number of para-hydroxylation sites is 1. The Hall–Kier alpha value is -2.53. The molecule has 4 nitrogen and oxygen atoms in total. The van der Waals surface area contributed by atoms with Crippen LogP contribution in [0.4, 0.5) is 4.39 Å². The molecule has 1 heterocycles. The zero-order valence-electron chi connectivity index (χ0n) is 11.6.